The van der Waals surface area contributed by atoms with Crippen molar-refractivity contribution in [3.05, 3.63) is 0 Å². The average molecular weight is 132 g/mol. The highest BCUT2D eigenvalue weighted by Crippen LogP contribution is 1.76. The minimum Gasteiger partial charge on any atom is -0.465 e. The van der Waals surface area contributed by atoms with E-state index in [-0.39, 0.29) is 0 Å². The predicted molar refractivity (Wildman–Crippen MR) is 29.8 cm³/mol. The van der Waals surface area contributed by atoms with E-state index in [1.165, 1.54) is 6.92 Å². The van der Waals surface area contributed by atoms with E-state index in [1.807, 2.05) is 5.32 Å². The maximum Gasteiger partial charge on any atom is 0.405 e. The van der Waals surface area contributed by atoms with Crippen LogP contribution in [0.2, 0.25) is 0 Å². The molecule has 4 N–H and O–H groups in total. The maximum atomic E-state index is 10.1. The normalized spacial score (nSPS) is 12.1. The number of carbonyl (C=O) groups is 2. The van der Waals surface area contributed by atoms with Gasteiger partial charge in [-0.15, -0.1) is 0 Å². The van der Waals surface area contributed by atoms with E-state index in [2.05, 4.69) is 0 Å². The van der Waals surface area contributed by atoms with Gasteiger partial charge in [0.25, 0.3) is 0 Å². The SMILES string of the molecule is C[C@H](NC(=O)O)C(N)=O. The summed E-state index contributed by atoms with van der Waals surface area (Å²) in [4.78, 5) is 19.9. The van der Waals surface area contributed by atoms with E-state index < -0.39 is 18.0 Å². The highest BCUT2D eigenvalue weighted by molar-refractivity contribution is 5.83. The highest BCUT2D eigenvalue weighted by Gasteiger charge is 2.09. The molecule has 0 fully saturated rings. The van der Waals surface area contributed by atoms with Crippen LogP contribution in [-0.4, -0.2) is 23.1 Å². The molecular formula is C4H8N2O3. The van der Waals surface area contributed by atoms with Gasteiger partial charge in [-0.3, -0.25) is 4.79 Å². The minimum absolute atomic E-state index is 0.683. The third kappa shape index (κ3) is 3.33. The van der Waals surface area contributed by atoms with Gasteiger partial charge in [0.2, 0.25) is 5.91 Å². The Morgan fingerprint density at radius 2 is 2.11 bits per heavy atom. The van der Waals surface area contributed by atoms with Gasteiger partial charge >= 0.3 is 6.09 Å². The van der Waals surface area contributed by atoms with Gasteiger partial charge in [-0.2, -0.15) is 0 Å². The van der Waals surface area contributed by atoms with Gasteiger partial charge < -0.3 is 16.2 Å². The number of nitrogens with two attached hydrogens (primary N) is 1. The molecule has 52 valence electrons. The zero-order valence-electron chi connectivity index (χ0n) is 4.92. The van der Waals surface area contributed by atoms with Crippen molar-refractivity contribution in [2.24, 2.45) is 5.73 Å². The van der Waals surface area contributed by atoms with Gasteiger partial charge in [0, 0.05) is 0 Å². The molecule has 9 heavy (non-hydrogen) atoms. The van der Waals surface area contributed by atoms with Crippen LogP contribution in [0.5, 0.6) is 0 Å². The minimum atomic E-state index is -1.25. The Morgan fingerprint density at radius 1 is 1.67 bits per heavy atom. The molecule has 2 amide bonds. The third-order valence-electron chi connectivity index (χ3n) is 0.767. The van der Waals surface area contributed by atoms with Crippen LogP contribution in [-0.2, 0) is 4.79 Å². The first kappa shape index (κ1) is 7.74. The van der Waals surface area contributed by atoms with Crippen molar-refractivity contribution in [2.45, 2.75) is 13.0 Å². The second kappa shape index (κ2) is 2.91. The Morgan fingerprint density at radius 3 is 2.22 bits per heavy atom. The Kier molecular flexibility index (Phi) is 2.50. The van der Waals surface area contributed by atoms with Crippen molar-refractivity contribution in [3.8, 4) is 0 Å². The van der Waals surface area contributed by atoms with Crippen molar-refractivity contribution >= 4 is 12.0 Å². The fourth-order valence-corrected chi connectivity index (χ4v) is 0.256. The topological polar surface area (TPSA) is 92.4 Å². The summed E-state index contributed by atoms with van der Waals surface area (Å²) in [6.07, 6.45) is -1.25. The van der Waals surface area contributed by atoms with Gasteiger partial charge in [0.05, 0.1) is 0 Å². The largest absolute Gasteiger partial charge is 0.465 e. The van der Waals surface area contributed by atoms with E-state index in [9.17, 15) is 9.59 Å². The molecule has 0 bridgehead atoms. The zero-order chi connectivity index (χ0) is 7.44. The summed E-state index contributed by atoms with van der Waals surface area (Å²) in [7, 11) is 0. The first-order chi connectivity index (χ1) is 4.04. The van der Waals surface area contributed by atoms with Gasteiger partial charge in [-0.1, -0.05) is 0 Å². The number of carboxylic acid groups (broad SMARTS) is 1. The number of amides is 2. The lowest BCUT2D eigenvalue weighted by Gasteiger charge is -2.04. The molecule has 0 saturated carbocycles. The fourth-order valence-electron chi connectivity index (χ4n) is 0.256. The van der Waals surface area contributed by atoms with Crippen LogP contribution in [0.3, 0.4) is 0 Å². The molecule has 1 atom stereocenters. The number of primary amides is 1. The number of carbonyl (C=O) groups excluding carboxylic acids is 1. The summed E-state index contributed by atoms with van der Waals surface area (Å²) in [5.74, 6) is -0.683. The van der Waals surface area contributed by atoms with Gasteiger partial charge in [0.1, 0.15) is 6.04 Å². The van der Waals surface area contributed by atoms with E-state index in [4.69, 9.17) is 10.8 Å². The standard InChI is InChI=1S/C4H8N2O3/c1-2(3(5)7)6-4(8)9/h2,6H,1H3,(H2,5,7)(H,8,9)/t2-/m0/s1. The summed E-state index contributed by atoms with van der Waals surface area (Å²) in [5, 5.41) is 9.90. The van der Waals surface area contributed by atoms with Crippen LogP contribution >= 0.6 is 0 Å². The van der Waals surface area contributed by atoms with Crippen molar-refractivity contribution in [1.82, 2.24) is 5.32 Å². The zero-order valence-corrected chi connectivity index (χ0v) is 4.92. The van der Waals surface area contributed by atoms with Gasteiger partial charge in [-0.25, -0.2) is 4.79 Å². The van der Waals surface area contributed by atoms with E-state index in [0.29, 0.717) is 0 Å². The van der Waals surface area contributed by atoms with Gasteiger partial charge in [0.15, 0.2) is 0 Å². The van der Waals surface area contributed by atoms with Crippen LogP contribution in [0.1, 0.15) is 6.92 Å². The molecule has 0 aromatic rings. The third-order valence-corrected chi connectivity index (χ3v) is 0.767. The lowest BCUT2D eigenvalue weighted by molar-refractivity contribution is -0.119. The summed E-state index contributed by atoms with van der Waals surface area (Å²) in [6.45, 7) is 1.37. The monoisotopic (exact) mass is 132 g/mol. The summed E-state index contributed by atoms with van der Waals surface area (Å²) < 4.78 is 0. The van der Waals surface area contributed by atoms with Crippen molar-refractivity contribution in [1.29, 1.82) is 0 Å². The maximum absolute atomic E-state index is 10.1. The Labute approximate surface area is 51.8 Å². The van der Waals surface area contributed by atoms with E-state index in [0.717, 1.165) is 0 Å². The molecule has 0 rings (SSSR count). The molecule has 0 aliphatic rings. The van der Waals surface area contributed by atoms with Crippen LogP contribution in [0, 0.1) is 0 Å². The van der Waals surface area contributed by atoms with Gasteiger partial charge in [-0.05, 0) is 6.92 Å². The lowest BCUT2D eigenvalue weighted by Crippen LogP contribution is -2.41. The molecule has 5 nitrogen and oxygen atoms in total. The number of rotatable bonds is 2. The highest BCUT2D eigenvalue weighted by atomic mass is 16.4. The molecule has 5 heteroatoms. The smallest absolute Gasteiger partial charge is 0.405 e. The summed E-state index contributed by atoms with van der Waals surface area (Å²) in [5.41, 5.74) is 4.72. The molecule has 0 aromatic heterocycles. The van der Waals surface area contributed by atoms with E-state index >= 15 is 0 Å². The number of hydrogen-bond acceptors (Lipinski definition) is 2. The molecule has 0 aliphatic heterocycles. The molecule has 0 radical (unpaired) electrons. The molecule has 0 heterocycles. The Balaban J connectivity index is 3.63. The Bertz CT molecular complexity index is 134. The Hall–Kier alpha value is -1.26. The lowest BCUT2D eigenvalue weighted by atomic mass is 10.3. The molecule has 0 saturated heterocycles. The van der Waals surface area contributed by atoms with Crippen molar-refractivity contribution in [2.75, 3.05) is 0 Å². The summed E-state index contributed by atoms with van der Waals surface area (Å²) >= 11 is 0. The summed E-state index contributed by atoms with van der Waals surface area (Å²) in [6, 6.07) is -0.817. The number of nitrogens with one attached hydrogen (secondary N) is 1. The first-order valence-corrected chi connectivity index (χ1v) is 2.33. The molecular weight excluding hydrogens is 124 g/mol. The second-order valence-electron chi connectivity index (χ2n) is 1.57. The van der Waals surface area contributed by atoms with Crippen molar-refractivity contribution < 1.29 is 14.7 Å². The molecule has 0 aromatic carbocycles. The van der Waals surface area contributed by atoms with Crippen LogP contribution < -0.4 is 11.1 Å². The quantitative estimate of drug-likeness (QED) is 0.456. The second-order valence-corrected chi connectivity index (χ2v) is 1.57. The van der Waals surface area contributed by atoms with Crippen LogP contribution in [0.4, 0.5) is 4.79 Å². The molecule has 0 spiro atoms. The first-order valence-electron chi connectivity index (χ1n) is 2.33. The van der Waals surface area contributed by atoms with Crippen LogP contribution in [0.25, 0.3) is 0 Å². The fraction of sp³-hybridized carbons (Fsp3) is 0.500. The molecule has 0 aliphatic carbocycles. The van der Waals surface area contributed by atoms with Crippen LogP contribution in [0.15, 0.2) is 0 Å². The molecule has 0 unspecified atom stereocenters. The van der Waals surface area contributed by atoms with Crippen molar-refractivity contribution in [3.63, 3.8) is 0 Å². The average Bonchev–Trinajstić information content (AvgIpc) is 1.63. The van der Waals surface area contributed by atoms with E-state index in [1.54, 1.807) is 0 Å². The number of hydrogen-bond donors (Lipinski definition) is 3. The predicted octanol–water partition coefficient (Wildman–Crippen LogP) is -0.872.